The Labute approximate surface area is 90.6 Å². The van der Waals surface area contributed by atoms with Crippen molar-refractivity contribution in [2.45, 2.75) is 40.2 Å². The molecule has 0 spiro atoms. The summed E-state index contributed by atoms with van der Waals surface area (Å²) in [4.78, 5) is 22.4. The SMILES string of the molecule is COC(=O)[C@@H](CC(C)=O)[C@H](O)C(C)(C)C. The quantitative estimate of drug-likeness (QED) is 0.716. The topological polar surface area (TPSA) is 63.6 Å². The van der Waals surface area contributed by atoms with Crippen LogP contribution in [0.1, 0.15) is 34.1 Å². The molecule has 0 fully saturated rings. The number of ketones is 1. The third-order valence-corrected chi connectivity index (χ3v) is 2.28. The zero-order chi connectivity index (χ0) is 12.2. The van der Waals surface area contributed by atoms with Gasteiger partial charge in [-0.15, -0.1) is 0 Å². The van der Waals surface area contributed by atoms with Crippen LogP contribution in [0.25, 0.3) is 0 Å². The number of rotatable bonds is 4. The van der Waals surface area contributed by atoms with E-state index in [-0.39, 0.29) is 12.2 Å². The molecule has 0 aliphatic carbocycles. The van der Waals surface area contributed by atoms with Gasteiger partial charge in [-0.2, -0.15) is 0 Å². The van der Waals surface area contributed by atoms with Gasteiger partial charge in [0.25, 0.3) is 0 Å². The first-order chi connectivity index (χ1) is 6.70. The Kier molecular flexibility index (Phi) is 4.94. The van der Waals surface area contributed by atoms with E-state index in [2.05, 4.69) is 4.74 Å². The lowest BCUT2D eigenvalue weighted by Gasteiger charge is -2.30. The molecule has 0 aromatic rings. The summed E-state index contributed by atoms with van der Waals surface area (Å²) in [5.41, 5.74) is -0.450. The fourth-order valence-corrected chi connectivity index (χ4v) is 1.39. The van der Waals surface area contributed by atoms with Gasteiger partial charge in [0, 0.05) is 6.42 Å². The molecule has 0 aromatic carbocycles. The monoisotopic (exact) mass is 216 g/mol. The second-order valence-corrected chi connectivity index (χ2v) is 4.85. The molecule has 0 aliphatic rings. The maximum absolute atomic E-state index is 11.4. The van der Waals surface area contributed by atoms with Crippen LogP contribution in [-0.4, -0.2) is 30.1 Å². The molecule has 0 bridgehead atoms. The molecule has 2 atom stereocenters. The predicted molar refractivity (Wildman–Crippen MR) is 56.3 cm³/mol. The fourth-order valence-electron chi connectivity index (χ4n) is 1.39. The Bertz CT molecular complexity index is 239. The number of hydrogen-bond acceptors (Lipinski definition) is 4. The van der Waals surface area contributed by atoms with E-state index in [4.69, 9.17) is 0 Å². The Morgan fingerprint density at radius 2 is 1.80 bits per heavy atom. The molecule has 4 nitrogen and oxygen atoms in total. The maximum Gasteiger partial charge on any atom is 0.311 e. The van der Waals surface area contributed by atoms with Crippen LogP contribution in [-0.2, 0) is 14.3 Å². The Balaban J connectivity index is 4.78. The fraction of sp³-hybridized carbons (Fsp3) is 0.818. The van der Waals surface area contributed by atoms with E-state index in [0.717, 1.165) is 0 Å². The minimum absolute atomic E-state index is 0.0190. The first kappa shape index (κ1) is 14.1. The van der Waals surface area contributed by atoms with Gasteiger partial charge in [-0.25, -0.2) is 0 Å². The van der Waals surface area contributed by atoms with Crippen molar-refractivity contribution >= 4 is 11.8 Å². The largest absolute Gasteiger partial charge is 0.469 e. The third-order valence-electron chi connectivity index (χ3n) is 2.28. The standard InChI is InChI=1S/C11H20O4/c1-7(12)6-8(10(14)15-5)9(13)11(2,3)4/h8-9,13H,6H2,1-5H3/t8-,9-/m0/s1. The highest BCUT2D eigenvalue weighted by molar-refractivity contribution is 5.83. The number of hydrogen-bond donors (Lipinski definition) is 1. The predicted octanol–water partition coefficient (Wildman–Crippen LogP) is 1.16. The number of Topliss-reactive ketones (excluding diaryl/α,β-unsaturated/α-hetero) is 1. The molecule has 88 valence electrons. The van der Waals surface area contributed by atoms with Crippen LogP contribution in [0.5, 0.6) is 0 Å². The molecule has 0 saturated carbocycles. The second kappa shape index (κ2) is 5.26. The van der Waals surface area contributed by atoms with Gasteiger partial charge in [0.1, 0.15) is 5.78 Å². The van der Waals surface area contributed by atoms with Crippen molar-refractivity contribution in [3.05, 3.63) is 0 Å². The Morgan fingerprint density at radius 1 is 1.33 bits per heavy atom. The zero-order valence-corrected chi connectivity index (χ0v) is 10.0. The highest BCUT2D eigenvalue weighted by Gasteiger charge is 2.36. The van der Waals surface area contributed by atoms with Crippen LogP contribution in [0.2, 0.25) is 0 Å². The van der Waals surface area contributed by atoms with Gasteiger partial charge in [0.2, 0.25) is 0 Å². The van der Waals surface area contributed by atoms with Gasteiger partial charge < -0.3 is 14.6 Å². The van der Waals surface area contributed by atoms with Crippen LogP contribution < -0.4 is 0 Å². The van der Waals surface area contributed by atoms with Crippen molar-refractivity contribution in [2.75, 3.05) is 7.11 Å². The Morgan fingerprint density at radius 3 is 2.07 bits per heavy atom. The van der Waals surface area contributed by atoms with Crippen molar-refractivity contribution in [1.82, 2.24) is 0 Å². The maximum atomic E-state index is 11.4. The lowest BCUT2D eigenvalue weighted by atomic mass is 9.79. The molecule has 0 heterocycles. The third kappa shape index (κ3) is 4.42. The van der Waals surface area contributed by atoms with Gasteiger partial charge >= 0.3 is 5.97 Å². The molecule has 1 N–H and O–H groups in total. The number of esters is 1. The second-order valence-electron chi connectivity index (χ2n) is 4.85. The number of methoxy groups -OCH3 is 1. The van der Waals surface area contributed by atoms with Gasteiger partial charge in [0.15, 0.2) is 0 Å². The number of carbonyl (C=O) groups excluding carboxylic acids is 2. The lowest BCUT2D eigenvalue weighted by molar-refractivity contribution is -0.154. The molecular weight excluding hydrogens is 196 g/mol. The van der Waals surface area contributed by atoms with Crippen molar-refractivity contribution < 1.29 is 19.4 Å². The molecule has 0 aromatic heterocycles. The highest BCUT2D eigenvalue weighted by Crippen LogP contribution is 2.28. The van der Waals surface area contributed by atoms with Crippen molar-refractivity contribution in [3.63, 3.8) is 0 Å². The van der Waals surface area contributed by atoms with E-state index in [1.165, 1.54) is 14.0 Å². The minimum Gasteiger partial charge on any atom is -0.469 e. The van der Waals surface area contributed by atoms with Crippen LogP contribution in [0.15, 0.2) is 0 Å². The molecule has 0 saturated heterocycles. The van der Waals surface area contributed by atoms with Crippen LogP contribution >= 0.6 is 0 Å². The van der Waals surface area contributed by atoms with Gasteiger partial charge in [-0.1, -0.05) is 20.8 Å². The van der Waals surface area contributed by atoms with E-state index < -0.39 is 23.4 Å². The molecule has 15 heavy (non-hydrogen) atoms. The molecule has 4 heteroatoms. The summed E-state index contributed by atoms with van der Waals surface area (Å²) >= 11 is 0. The zero-order valence-electron chi connectivity index (χ0n) is 10.0. The summed E-state index contributed by atoms with van der Waals surface area (Å²) in [6.45, 7) is 6.83. The van der Waals surface area contributed by atoms with E-state index >= 15 is 0 Å². The molecule has 0 radical (unpaired) electrons. The summed E-state index contributed by atoms with van der Waals surface area (Å²) in [5.74, 6) is -1.44. The summed E-state index contributed by atoms with van der Waals surface area (Å²) in [6, 6.07) is 0. The summed E-state index contributed by atoms with van der Waals surface area (Å²) < 4.78 is 4.58. The van der Waals surface area contributed by atoms with Gasteiger partial charge in [0.05, 0.1) is 19.1 Å². The van der Waals surface area contributed by atoms with Crippen LogP contribution in [0.4, 0.5) is 0 Å². The van der Waals surface area contributed by atoms with Crippen molar-refractivity contribution in [2.24, 2.45) is 11.3 Å². The first-order valence-electron chi connectivity index (χ1n) is 4.95. The molecular formula is C11H20O4. The minimum atomic E-state index is -0.881. The lowest BCUT2D eigenvalue weighted by Crippen LogP contribution is -2.39. The normalized spacial score (nSPS) is 15.6. The average Bonchev–Trinajstić information content (AvgIpc) is 2.10. The molecule has 0 amide bonds. The number of aliphatic hydroxyl groups is 1. The van der Waals surface area contributed by atoms with Crippen LogP contribution in [0.3, 0.4) is 0 Å². The highest BCUT2D eigenvalue weighted by atomic mass is 16.5. The number of aliphatic hydroxyl groups excluding tert-OH is 1. The summed E-state index contributed by atoms with van der Waals surface area (Å²) in [6.07, 6.45) is -0.862. The van der Waals surface area contributed by atoms with E-state index in [9.17, 15) is 14.7 Å². The summed E-state index contributed by atoms with van der Waals surface area (Å²) in [5, 5.41) is 9.94. The average molecular weight is 216 g/mol. The molecule has 0 aliphatic heterocycles. The Hall–Kier alpha value is -0.900. The first-order valence-corrected chi connectivity index (χ1v) is 4.95. The summed E-state index contributed by atoms with van der Waals surface area (Å²) in [7, 11) is 1.25. The molecule has 0 rings (SSSR count). The number of carbonyl (C=O) groups is 2. The smallest absolute Gasteiger partial charge is 0.311 e. The van der Waals surface area contributed by atoms with Gasteiger partial charge in [-0.3, -0.25) is 4.79 Å². The van der Waals surface area contributed by atoms with Crippen LogP contribution in [0, 0.1) is 11.3 Å². The van der Waals surface area contributed by atoms with E-state index in [1.54, 1.807) is 0 Å². The van der Waals surface area contributed by atoms with Crippen molar-refractivity contribution in [1.29, 1.82) is 0 Å². The van der Waals surface area contributed by atoms with E-state index in [0.29, 0.717) is 0 Å². The van der Waals surface area contributed by atoms with E-state index in [1.807, 2.05) is 20.8 Å². The van der Waals surface area contributed by atoms with Gasteiger partial charge in [-0.05, 0) is 12.3 Å². The van der Waals surface area contributed by atoms with Crippen molar-refractivity contribution in [3.8, 4) is 0 Å². The molecule has 0 unspecified atom stereocenters. The number of ether oxygens (including phenoxy) is 1.